The Morgan fingerprint density at radius 2 is 1.91 bits per heavy atom. The first-order chi connectivity index (χ1) is 16.7. The molecule has 4 aromatic rings. The molecule has 2 aromatic carbocycles. The smallest absolute Gasteiger partial charge is 0.356 e. The highest BCUT2D eigenvalue weighted by Crippen LogP contribution is 2.35. The van der Waals surface area contributed by atoms with Crippen LogP contribution in [0.5, 0.6) is 0 Å². The van der Waals surface area contributed by atoms with E-state index in [1.54, 1.807) is 13.1 Å². The molecule has 0 spiro atoms. The largest absolute Gasteiger partial charge is 0.461 e. The molecular formula is C26H23N5O3. The number of oxime groups is 1. The van der Waals surface area contributed by atoms with E-state index in [-0.39, 0.29) is 18.7 Å². The van der Waals surface area contributed by atoms with Gasteiger partial charge in [-0.05, 0) is 36.2 Å². The Kier molecular flexibility index (Phi) is 6.11. The van der Waals surface area contributed by atoms with E-state index in [1.165, 1.54) is 0 Å². The van der Waals surface area contributed by atoms with Crippen LogP contribution < -0.4 is 5.32 Å². The highest BCUT2D eigenvalue weighted by atomic mass is 16.6. The first kappa shape index (κ1) is 21.5. The molecule has 1 unspecified atom stereocenters. The second-order valence-corrected chi connectivity index (χ2v) is 7.73. The third-order valence-corrected chi connectivity index (χ3v) is 5.46. The molecule has 0 saturated carbocycles. The van der Waals surface area contributed by atoms with Gasteiger partial charge in [-0.15, -0.1) is 0 Å². The van der Waals surface area contributed by atoms with Crippen LogP contribution in [0.2, 0.25) is 0 Å². The van der Waals surface area contributed by atoms with Crippen molar-refractivity contribution in [3.8, 4) is 11.1 Å². The van der Waals surface area contributed by atoms with Gasteiger partial charge in [0, 0.05) is 12.6 Å². The Labute approximate surface area is 196 Å². The van der Waals surface area contributed by atoms with Gasteiger partial charge in [0.25, 0.3) is 0 Å². The quantitative estimate of drug-likeness (QED) is 0.406. The normalized spacial score (nSPS) is 15.0. The number of esters is 1. The number of hydrogen-bond donors (Lipinski definition) is 1. The molecule has 5 rings (SSSR count). The molecule has 3 heterocycles. The fourth-order valence-corrected chi connectivity index (χ4v) is 3.86. The summed E-state index contributed by atoms with van der Waals surface area (Å²) in [5.74, 6) is 0.633. The van der Waals surface area contributed by atoms with Crippen LogP contribution in [0.3, 0.4) is 0 Å². The average Bonchev–Trinajstić information content (AvgIpc) is 3.39. The van der Waals surface area contributed by atoms with Crippen molar-refractivity contribution in [3.05, 3.63) is 84.4 Å². The van der Waals surface area contributed by atoms with Gasteiger partial charge in [-0.25, -0.2) is 14.8 Å². The molecule has 0 aliphatic carbocycles. The topological polar surface area (TPSA) is 98.6 Å². The molecule has 1 aliphatic rings. The number of benzene rings is 2. The third-order valence-electron chi connectivity index (χ3n) is 5.46. The lowest BCUT2D eigenvalue weighted by molar-refractivity contribution is -0.135. The Bertz CT molecular complexity index is 1340. The summed E-state index contributed by atoms with van der Waals surface area (Å²) in [4.78, 5) is 31.6. The minimum Gasteiger partial charge on any atom is -0.461 e. The second kappa shape index (κ2) is 9.66. The number of fused-ring (bicyclic) bond motifs is 1. The van der Waals surface area contributed by atoms with Crippen molar-refractivity contribution < 1.29 is 14.4 Å². The maximum atomic E-state index is 12.1. The summed E-state index contributed by atoms with van der Waals surface area (Å²) in [6.07, 6.45) is 1.44. The lowest BCUT2D eigenvalue weighted by Crippen LogP contribution is -2.17. The van der Waals surface area contributed by atoms with E-state index in [9.17, 15) is 4.79 Å². The summed E-state index contributed by atoms with van der Waals surface area (Å²) >= 11 is 0. The standard InChI is InChI=1S/C26H23N5O3/c1-2-33-26(32)21-15-22(34-31-21)24-29-20-13-8-12-19(17-9-4-3-5-10-17)23(20)25(30-24)28-16-18-11-6-7-14-27-18/h3-14,22H,2,15-16H2,1H3,(H,28,29,30). The number of nitrogens with one attached hydrogen (secondary N) is 1. The van der Waals surface area contributed by atoms with Gasteiger partial charge < -0.3 is 14.9 Å². The van der Waals surface area contributed by atoms with E-state index < -0.39 is 12.1 Å². The maximum absolute atomic E-state index is 12.1. The van der Waals surface area contributed by atoms with Crippen molar-refractivity contribution >= 4 is 28.4 Å². The highest BCUT2D eigenvalue weighted by Gasteiger charge is 2.31. The van der Waals surface area contributed by atoms with E-state index in [0.29, 0.717) is 18.2 Å². The number of aromatic nitrogens is 3. The van der Waals surface area contributed by atoms with Crippen LogP contribution in [0, 0.1) is 0 Å². The fraction of sp³-hybridized carbons (Fsp3) is 0.192. The predicted octanol–water partition coefficient (Wildman–Crippen LogP) is 4.68. The van der Waals surface area contributed by atoms with Crippen LogP contribution in [0.15, 0.2) is 78.1 Å². The van der Waals surface area contributed by atoms with Gasteiger partial charge in [0.1, 0.15) is 5.82 Å². The van der Waals surface area contributed by atoms with Gasteiger partial charge in [0.05, 0.1) is 29.7 Å². The SMILES string of the molecule is CCOC(=O)C1=NOC(c2nc(NCc3ccccn3)c3c(-c4ccccc4)cccc3n2)C1. The zero-order chi connectivity index (χ0) is 23.3. The molecule has 0 bridgehead atoms. The summed E-state index contributed by atoms with van der Waals surface area (Å²) in [6.45, 7) is 2.52. The number of ether oxygens (including phenoxy) is 1. The van der Waals surface area contributed by atoms with Crippen molar-refractivity contribution in [2.24, 2.45) is 5.16 Å². The number of anilines is 1. The molecule has 1 atom stereocenters. The molecule has 0 radical (unpaired) electrons. The summed E-state index contributed by atoms with van der Waals surface area (Å²) in [5.41, 5.74) is 3.97. The second-order valence-electron chi connectivity index (χ2n) is 7.73. The van der Waals surface area contributed by atoms with Crippen LogP contribution >= 0.6 is 0 Å². The fourth-order valence-electron chi connectivity index (χ4n) is 3.86. The Balaban J connectivity index is 1.55. The summed E-state index contributed by atoms with van der Waals surface area (Å²) < 4.78 is 5.05. The monoisotopic (exact) mass is 453 g/mol. The maximum Gasteiger partial charge on any atom is 0.356 e. The minimum atomic E-state index is -0.570. The Morgan fingerprint density at radius 3 is 2.71 bits per heavy atom. The molecule has 0 saturated heterocycles. The van der Waals surface area contributed by atoms with Gasteiger partial charge in [-0.3, -0.25) is 4.98 Å². The van der Waals surface area contributed by atoms with E-state index in [1.807, 2.05) is 48.5 Å². The van der Waals surface area contributed by atoms with Crippen molar-refractivity contribution in [2.45, 2.75) is 26.0 Å². The molecule has 8 nitrogen and oxygen atoms in total. The molecule has 1 aliphatic heterocycles. The molecular weight excluding hydrogens is 430 g/mol. The number of rotatable bonds is 7. The molecule has 0 amide bonds. The summed E-state index contributed by atoms with van der Waals surface area (Å²) in [5, 5.41) is 8.25. The van der Waals surface area contributed by atoms with Crippen LogP contribution in [-0.2, 0) is 20.9 Å². The van der Waals surface area contributed by atoms with Gasteiger partial charge >= 0.3 is 5.97 Å². The van der Waals surface area contributed by atoms with Gasteiger partial charge in [-0.2, -0.15) is 0 Å². The number of hydrogen-bond acceptors (Lipinski definition) is 8. The lowest BCUT2D eigenvalue weighted by Gasteiger charge is -2.16. The van der Waals surface area contributed by atoms with E-state index in [2.05, 4.69) is 33.7 Å². The first-order valence-electron chi connectivity index (χ1n) is 11.1. The van der Waals surface area contributed by atoms with Gasteiger partial charge in [-0.1, -0.05) is 53.7 Å². The van der Waals surface area contributed by atoms with Crippen molar-refractivity contribution in [1.82, 2.24) is 15.0 Å². The van der Waals surface area contributed by atoms with Crippen molar-refractivity contribution in [2.75, 3.05) is 11.9 Å². The van der Waals surface area contributed by atoms with Crippen LogP contribution in [0.1, 0.15) is 31.0 Å². The summed E-state index contributed by atoms with van der Waals surface area (Å²) in [7, 11) is 0. The van der Waals surface area contributed by atoms with Crippen LogP contribution in [-0.4, -0.2) is 33.2 Å². The third kappa shape index (κ3) is 4.43. The Hall–Kier alpha value is -4.33. The van der Waals surface area contributed by atoms with Crippen molar-refractivity contribution in [1.29, 1.82) is 0 Å². The van der Waals surface area contributed by atoms with Crippen LogP contribution in [0.4, 0.5) is 5.82 Å². The van der Waals surface area contributed by atoms with Gasteiger partial charge in [0.15, 0.2) is 17.6 Å². The van der Waals surface area contributed by atoms with E-state index >= 15 is 0 Å². The number of nitrogens with zero attached hydrogens (tertiary/aromatic N) is 4. The first-order valence-corrected chi connectivity index (χ1v) is 11.1. The Morgan fingerprint density at radius 1 is 1.06 bits per heavy atom. The van der Waals surface area contributed by atoms with Crippen LogP contribution in [0.25, 0.3) is 22.0 Å². The molecule has 170 valence electrons. The number of pyridine rings is 1. The molecule has 2 aromatic heterocycles. The minimum absolute atomic E-state index is 0.233. The number of carbonyl (C=O) groups excluding carboxylic acids is 1. The molecule has 0 fully saturated rings. The molecule has 1 N–H and O–H groups in total. The van der Waals surface area contributed by atoms with Gasteiger partial charge in [0.2, 0.25) is 0 Å². The van der Waals surface area contributed by atoms with E-state index in [4.69, 9.17) is 19.5 Å². The molecule has 34 heavy (non-hydrogen) atoms. The summed E-state index contributed by atoms with van der Waals surface area (Å²) in [6, 6.07) is 21.9. The zero-order valence-corrected chi connectivity index (χ0v) is 18.6. The zero-order valence-electron chi connectivity index (χ0n) is 18.6. The predicted molar refractivity (Wildman–Crippen MR) is 129 cm³/mol. The molecule has 8 heteroatoms. The van der Waals surface area contributed by atoms with Crippen molar-refractivity contribution in [3.63, 3.8) is 0 Å². The lowest BCUT2D eigenvalue weighted by atomic mass is 10.0. The van der Waals surface area contributed by atoms with E-state index in [0.717, 1.165) is 27.7 Å². The number of carbonyl (C=O) groups is 1. The average molecular weight is 454 g/mol. The highest BCUT2D eigenvalue weighted by molar-refractivity contribution is 6.36.